The molecule has 10 heteroatoms. The van der Waals surface area contributed by atoms with Crippen LogP contribution >= 0.6 is 0 Å². The predicted molar refractivity (Wildman–Crippen MR) is 180 cm³/mol. The van der Waals surface area contributed by atoms with Crippen molar-refractivity contribution >= 4 is 20.8 Å². The summed E-state index contributed by atoms with van der Waals surface area (Å²) >= 11 is 0. The predicted octanol–water partition coefficient (Wildman–Crippen LogP) is 8.95. The average molecular weight is 679 g/mol. The molecule has 2 saturated carbocycles. The molecule has 4 aliphatic carbocycles. The quantitative estimate of drug-likeness (QED) is 0.196. The van der Waals surface area contributed by atoms with E-state index in [0.29, 0.717) is 35.2 Å². The number of fused-ring (bicyclic) bond motifs is 2. The van der Waals surface area contributed by atoms with Gasteiger partial charge in [-0.05, 0) is 135 Å². The summed E-state index contributed by atoms with van der Waals surface area (Å²) in [5.41, 5.74) is 3.84. The van der Waals surface area contributed by atoms with Crippen LogP contribution in [0.2, 0.25) is 0 Å². The second-order valence-electron chi connectivity index (χ2n) is 16.4. The second kappa shape index (κ2) is 12.2. The Morgan fingerprint density at radius 2 is 1.59 bits per heavy atom. The molecular weight excluding hydrogens is 625 g/mol. The highest BCUT2D eigenvalue weighted by Gasteiger charge is 2.55. The van der Waals surface area contributed by atoms with E-state index in [4.69, 9.17) is 8.37 Å². The molecule has 258 valence electrons. The molecule has 0 aromatic heterocycles. The summed E-state index contributed by atoms with van der Waals surface area (Å²) in [5.74, 6) is 1.46. The fraction of sp³-hybridized carbons (Fsp3) is 0.722. The topological polar surface area (TPSA) is 127 Å². The molecule has 0 saturated heterocycles. The molecule has 2 N–H and O–H groups in total. The maximum absolute atomic E-state index is 11.7. The Balaban J connectivity index is 1.45. The Morgan fingerprint density at radius 3 is 2.26 bits per heavy atom. The lowest BCUT2D eigenvalue weighted by atomic mass is 9.45. The van der Waals surface area contributed by atoms with Gasteiger partial charge in [0.05, 0.1) is 0 Å². The Kier molecular flexibility index (Phi) is 9.41. The molecule has 0 unspecified atom stereocenters. The van der Waals surface area contributed by atoms with E-state index in [-0.39, 0.29) is 33.7 Å². The van der Waals surface area contributed by atoms with E-state index in [1.807, 2.05) is 0 Å². The third-order valence-electron chi connectivity index (χ3n) is 13.3. The number of benzene rings is 1. The molecule has 5 rings (SSSR count). The Hall–Kier alpha value is -1.88. The van der Waals surface area contributed by atoms with Gasteiger partial charge in [-0.25, -0.2) is 0 Å². The van der Waals surface area contributed by atoms with E-state index < -0.39 is 20.8 Å². The number of hydrogen-bond acceptors (Lipinski definition) is 6. The maximum atomic E-state index is 11.7. The summed E-state index contributed by atoms with van der Waals surface area (Å²) in [7, 11) is -9.63. The highest BCUT2D eigenvalue weighted by molar-refractivity contribution is 7.81. The molecule has 8 nitrogen and oxygen atoms in total. The van der Waals surface area contributed by atoms with Gasteiger partial charge in [0.1, 0.15) is 11.5 Å². The van der Waals surface area contributed by atoms with Crippen LogP contribution in [0.5, 0.6) is 11.5 Å². The molecule has 2 fully saturated rings. The van der Waals surface area contributed by atoms with Crippen molar-refractivity contribution in [1.29, 1.82) is 0 Å². The van der Waals surface area contributed by atoms with Crippen LogP contribution in [0.15, 0.2) is 41.5 Å². The first-order valence-corrected chi connectivity index (χ1v) is 19.7. The first-order valence-electron chi connectivity index (χ1n) is 17.0. The lowest BCUT2D eigenvalue weighted by molar-refractivity contribution is -0.0590. The van der Waals surface area contributed by atoms with E-state index in [0.717, 1.165) is 25.7 Å². The van der Waals surface area contributed by atoms with Gasteiger partial charge in [-0.3, -0.25) is 9.11 Å². The molecule has 0 spiro atoms. The third kappa shape index (κ3) is 6.96. The Labute approximate surface area is 277 Å². The SMILES string of the molecule is CC1=CC[C@H]2[C@@](C)(CC[C@@]3(C)C4=CCCC(C)(C)[C@@H]4CC[C@@H]3C)CCC[C@]2(C)[C@H]1Cc1cc(OS(=O)(=O)O)ccc1OS(=O)(=O)O. The largest absolute Gasteiger partial charge is 0.446 e. The standard InChI is InChI=1S/C36H54O8S2/c1-24-11-16-32-34(5,20-21-35(6)25(2)12-14-28-29(35)10-8-17-33(28,3)4)18-9-19-36(32,7)30(24)23-26-22-27(43-45(37,38)39)13-15-31(26)44-46(40,41)42/h10-11,13,15,22,25,28,30,32H,8-9,12,14,16-21,23H2,1-7H3,(H,37,38,39)(H,40,41,42)/t25-,28+,30-,32-,34+,35+,36+/m0/s1. The fourth-order valence-corrected chi connectivity index (χ4v) is 11.2. The van der Waals surface area contributed by atoms with Crippen LogP contribution in [-0.4, -0.2) is 25.9 Å². The van der Waals surface area contributed by atoms with Crippen molar-refractivity contribution in [2.24, 2.45) is 45.3 Å². The van der Waals surface area contributed by atoms with Crippen LogP contribution in [0.1, 0.15) is 118 Å². The van der Waals surface area contributed by atoms with Gasteiger partial charge in [-0.1, -0.05) is 71.3 Å². The van der Waals surface area contributed by atoms with Gasteiger partial charge in [0.25, 0.3) is 0 Å². The van der Waals surface area contributed by atoms with Gasteiger partial charge >= 0.3 is 20.8 Å². The lowest BCUT2D eigenvalue weighted by Gasteiger charge is -2.59. The zero-order valence-electron chi connectivity index (χ0n) is 28.6. The van der Waals surface area contributed by atoms with Crippen LogP contribution in [-0.2, 0) is 27.2 Å². The lowest BCUT2D eigenvalue weighted by Crippen LogP contribution is -2.51. The zero-order valence-corrected chi connectivity index (χ0v) is 30.3. The Bertz CT molecular complexity index is 1610. The van der Waals surface area contributed by atoms with Gasteiger partial charge in [0.2, 0.25) is 0 Å². The van der Waals surface area contributed by atoms with E-state index >= 15 is 0 Å². The maximum Gasteiger partial charge on any atom is 0.446 e. The smallest absolute Gasteiger partial charge is 0.362 e. The molecule has 0 bridgehead atoms. The van der Waals surface area contributed by atoms with Crippen LogP contribution in [0, 0.1) is 45.3 Å². The molecule has 7 atom stereocenters. The zero-order chi connectivity index (χ0) is 33.9. The fourth-order valence-electron chi connectivity index (χ4n) is 10.4. The number of allylic oxidation sites excluding steroid dienone is 4. The Morgan fingerprint density at radius 1 is 0.891 bits per heavy atom. The molecule has 1 aromatic rings. The van der Waals surface area contributed by atoms with Crippen molar-refractivity contribution in [3.05, 3.63) is 47.1 Å². The number of hydrogen-bond donors (Lipinski definition) is 2. The third-order valence-corrected chi connectivity index (χ3v) is 14.1. The molecule has 4 aliphatic rings. The van der Waals surface area contributed by atoms with Gasteiger partial charge in [0.15, 0.2) is 0 Å². The summed E-state index contributed by atoms with van der Waals surface area (Å²) < 4.78 is 74.8. The van der Waals surface area contributed by atoms with Gasteiger partial charge in [-0.15, -0.1) is 0 Å². The van der Waals surface area contributed by atoms with Crippen molar-refractivity contribution in [1.82, 2.24) is 0 Å². The van der Waals surface area contributed by atoms with Gasteiger partial charge in [-0.2, -0.15) is 16.8 Å². The molecule has 0 heterocycles. The van der Waals surface area contributed by atoms with E-state index in [9.17, 15) is 25.9 Å². The van der Waals surface area contributed by atoms with E-state index in [1.165, 1.54) is 62.3 Å². The summed E-state index contributed by atoms with van der Waals surface area (Å²) in [6.07, 6.45) is 16.9. The number of rotatable bonds is 9. The van der Waals surface area contributed by atoms with E-state index in [1.54, 1.807) is 5.57 Å². The van der Waals surface area contributed by atoms with Crippen LogP contribution in [0.4, 0.5) is 0 Å². The van der Waals surface area contributed by atoms with Crippen LogP contribution in [0.25, 0.3) is 0 Å². The van der Waals surface area contributed by atoms with Gasteiger partial charge in [0, 0.05) is 5.56 Å². The van der Waals surface area contributed by atoms with Crippen LogP contribution in [0.3, 0.4) is 0 Å². The van der Waals surface area contributed by atoms with Crippen molar-refractivity contribution in [2.45, 2.75) is 119 Å². The minimum atomic E-state index is -4.83. The first kappa shape index (κ1) is 35.4. The molecule has 0 aliphatic heterocycles. The summed E-state index contributed by atoms with van der Waals surface area (Å²) in [6.45, 7) is 16.9. The highest BCUT2D eigenvalue weighted by atomic mass is 32.3. The monoisotopic (exact) mass is 678 g/mol. The molecule has 0 radical (unpaired) electrons. The second-order valence-corrected chi connectivity index (χ2v) is 18.5. The van der Waals surface area contributed by atoms with E-state index in [2.05, 4.69) is 60.6 Å². The normalized spacial score (nSPS) is 36.1. The summed E-state index contributed by atoms with van der Waals surface area (Å²) in [4.78, 5) is 0. The molecule has 1 aromatic carbocycles. The minimum Gasteiger partial charge on any atom is -0.362 e. The molecule has 0 amide bonds. The average Bonchev–Trinajstić information content (AvgIpc) is 2.91. The summed E-state index contributed by atoms with van der Waals surface area (Å²) in [5, 5.41) is 0. The minimum absolute atomic E-state index is 0.0195. The highest BCUT2D eigenvalue weighted by Crippen LogP contribution is 2.64. The first-order chi connectivity index (χ1) is 21.2. The van der Waals surface area contributed by atoms with Crippen molar-refractivity contribution < 1.29 is 34.3 Å². The van der Waals surface area contributed by atoms with Crippen molar-refractivity contribution in [2.75, 3.05) is 0 Å². The van der Waals surface area contributed by atoms with Gasteiger partial charge < -0.3 is 8.37 Å². The van der Waals surface area contributed by atoms with Crippen molar-refractivity contribution in [3.8, 4) is 11.5 Å². The molecule has 46 heavy (non-hydrogen) atoms. The molecular formula is C36H54O8S2. The van der Waals surface area contributed by atoms with Crippen molar-refractivity contribution in [3.63, 3.8) is 0 Å². The van der Waals surface area contributed by atoms with Crippen LogP contribution < -0.4 is 8.37 Å². The summed E-state index contributed by atoms with van der Waals surface area (Å²) in [6, 6.07) is 3.80.